The molecule has 3 rings (SSSR count). The molecular formula is C17H12Cl2OS. The van der Waals surface area contributed by atoms with Crippen molar-refractivity contribution < 1.29 is 5.11 Å². The summed E-state index contributed by atoms with van der Waals surface area (Å²) in [5, 5.41) is 13.0. The zero-order chi connectivity index (χ0) is 14.8. The fourth-order valence-electron chi connectivity index (χ4n) is 2.17. The van der Waals surface area contributed by atoms with Gasteiger partial charge in [0.25, 0.3) is 0 Å². The second-order valence-corrected chi connectivity index (χ2v) is 6.50. The van der Waals surface area contributed by atoms with E-state index in [1.165, 1.54) is 0 Å². The minimum absolute atomic E-state index is 0.310. The maximum absolute atomic E-state index is 9.91. The van der Waals surface area contributed by atoms with Crippen LogP contribution in [-0.2, 0) is 5.75 Å². The molecule has 0 saturated heterocycles. The molecule has 0 fully saturated rings. The van der Waals surface area contributed by atoms with Gasteiger partial charge in [-0.25, -0.2) is 0 Å². The molecule has 1 N–H and O–H groups in total. The van der Waals surface area contributed by atoms with Gasteiger partial charge in [-0.3, -0.25) is 0 Å². The van der Waals surface area contributed by atoms with Crippen molar-refractivity contribution >= 4 is 45.7 Å². The van der Waals surface area contributed by atoms with Crippen molar-refractivity contribution in [2.24, 2.45) is 0 Å². The van der Waals surface area contributed by atoms with Gasteiger partial charge in [0.2, 0.25) is 0 Å². The Balaban J connectivity index is 1.88. The molecule has 0 radical (unpaired) electrons. The maximum atomic E-state index is 9.91. The predicted molar refractivity (Wildman–Crippen MR) is 91.6 cm³/mol. The number of halogens is 2. The number of benzene rings is 3. The molecule has 0 spiro atoms. The van der Waals surface area contributed by atoms with Crippen molar-refractivity contribution in [2.75, 3.05) is 0 Å². The van der Waals surface area contributed by atoms with Crippen molar-refractivity contribution in [1.29, 1.82) is 0 Å². The van der Waals surface area contributed by atoms with Gasteiger partial charge in [-0.1, -0.05) is 53.5 Å². The highest BCUT2D eigenvalue weighted by molar-refractivity contribution is 7.98. The molecule has 106 valence electrons. The molecule has 0 bridgehead atoms. The summed E-state index contributed by atoms with van der Waals surface area (Å²) in [7, 11) is 0. The van der Waals surface area contributed by atoms with Crippen molar-refractivity contribution in [2.45, 2.75) is 10.6 Å². The highest BCUT2D eigenvalue weighted by Gasteiger charge is 2.06. The van der Waals surface area contributed by atoms with Gasteiger partial charge in [-0.15, -0.1) is 11.8 Å². The van der Waals surface area contributed by atoms with E-state index in [0.717, 1.165) is 27.0 Å². The van der Waals surface area contributed by atoms with Gasteiger partial charge in [0, 0.05) is 16.0 Å². The monoisotopic (exact) mass is 334 g/mol. The van der Waals surface area contributed by atoms with Gasteiger partial charge < -0.3 is 5.11 Å². The van der Waals surface area contributed by atoms with E-state index >= 15 is 0 Å². The van der Waals surface area contributed by atoms with Crippen molar-refractivity contribution in [3.63, 3.8) is 0 Å². The molecule has 3 aromatic rings. The summed E-state index contributed by atoms with van der Waals surface area (Å²) in [6.07, 6.45) is 0. The molecule has 0 aliphatic carbocycles. The number of fused-ring (bicyclic) bond motifs is 1. The van der Waals surface area contributed by atoms with Crippen molar-refractivity contribution in [1.82, 2.24) is 0 Å². The molecular weight excluding hydrogens is 323 g/mol. The van der Waals surface area contributed by atoms with Crippen LogP contribution in [0.15, 0.2) is 59.5 Å². The van der Waals surface area contributed by atoms with E-state index < -0.39 is 0 Å². The first kappa shape index (κ1) is 14.6. The van der Waals surface area contributed by atoms with Gasteiger partial charge in [0.15, 0.2) is 0 Å². The van der Waals surface area contributed by atoms with E-state index in [1.54, 1.807) is 17.8 Å². The van der Waals surface area contributed by atoms with Crippen molar-refractivity contribution in [3.8, 4) is 5.75 Å². The van der Waals surface area contributed by atoms with Crippen LogP contribution in [0.25, 0.3) is 10.8 Å². The highest BCUT2D eigenvalue weighted by atomic mass is 35.5. The van der Waals surface area contributed by atoms with Gasteiger partial charge >= 0.3 is 0 Å². The molecule has 0 saturated carbocycles. The minimum Gasteiger partial charge on any atom is -0.507 e. The lowest BCUT2D eigenvalue weighted by Gasteiger charge is -2.08. The maximum Gasteiger partial charge on any atom is 0.123 e. The Hall–Kier alpha value is -1.35. The number of thioether (sulfide) groups is 1. The summed E-state index contributed by atoms with van der Waals surface area (Å²) in [4.78, 5) is 1.13. The molecule has 0 aliphatic rings. The van der Waals surface area contributed by atoms with E-state index in [9.17, 15) is 5.11 Å². The Bertz CT molecular complexity index is 802. The first-order valence-electron chi connectivity index (χ1n) is 6.42. The van der Waals surface area contributed by atoms with Crippen LogP contribution in [0.2, 0.25) is 10.0 Å². The number of phenols is 1. The smallest absolute Gasteiger partial charge is 0.123 e. The number of phenolic OH excluding ortho intramolecular Hbond substituents is 1. The van der Waals surface area contributed by atoms with Crippen LogP contribution in [0.5, 0.6) is 5.75 Å². The topological polar surface area (TPSA) is 20.2 Å². The van der Waals surface area contributed by atoms with Crippen LogP contribution in [0.1, 0.15) is 5.56 Å². The largest absolute Gasteiger partial charge is 0.507 e. The Morgan fingerprint density at radius 3 is 2.38 bits per heavy atom. The molecule has 0 amide bonds. The Morgan fingerprint density at radius 2 is 1.62 bits per heavy atom. The minimum atomic E-state index is 0.310. The molecule has 0 aliphatic heterocycles. The molecule has 0 unspecified atom stereocenters. The third kappa shape index (κ3) is 3.13. The summed E-state index contributed by atoms with van der Waals surface area (Å²) in [5.74, 6) is 1.11. The fraction of sp³-hybridized carbons (Fsp3) is 0.0588. The van der Waals surface area contributed by atoms with Crippen LogP contribution >= 0.6 is 35.0 Å². The van der Waals surface area contributed by atoms with Crippen LogP contribution in [-0.4, -0.2) is 5.11 Å². The van der Waals surface area contributed by atoms with Gasteiger partial charge in [-0.05, 0) is 35.2 Å². The molecule has 0 atom stereocenters. The van der Waals surface area contributed by atoms with Crippen molar-refractivity contribution in [3.05, 3.63) is 70.2 Å². The quantitative estimate of drug-likeness (QED) is 0.580. The normalized spacial score (nSPS) is 11.0. The highest BCUT2D eigenvalue weighted by Crippen LogP contribution is 2.35. The average Bonchev–Trinajstić information content (AvgIpc) is 2.50. The summed E-state index contributed by atoms with van der Waals surface area (Å²) in [6, 6.07) is 17.2. The molecule has 21 heavy (non-hydrogen) atoms. The number of hydrogen-bond acceptors (Lipinski definition) is 2. The Morgan fingerprint density at radius 1 is 0.857 bits per heavy atom. The Labute approximate surface area is 137 Å². The fourth-order valence-corrected chi connectivity index (χ4v) is 3.49. The average molecular weight is 335 g/mol. The van der Waals surface area contributed by atoms with E-state index in [-0.39, 0.29) is 0 Å². The van der Waals surface area contributed by atoms with Crippen LogP contribution in [0.3, 0.4) is 0 Å². The van der Waals surface area contributed by atoms with Gasteiger partial charge in [-0.2, -0.15) is 0 Å². The predicted octanol–water partition coefficient (Wildman–Crippen LogP) is 6.14. The zero-order valence-electron chi connectivity index (χ0n) is 11.0. The standard InChI is InChI=1S/C17H12Cl2OS/c18-14-6-5-11(9-15(14)19)10-21-17-8-7-16(20)12-3-1-2-4-13(12)17/h1-9,20H,10H2. The van der Waals surface area contributed by atoms with E-state index in [0.29, 0.717) is 15.8 Å². The van der Waals surface area contributed by atoms with E-state index in [2.05, 4.69) is 0 Å². The third-order valence-electron chi connectivity index (χ3n) is 3.24. The second kappa shape index (κ2) is 6.18. The SMILES string of the molecule is Oc1ccc(SCc2ccc(Cl)c(Cl)c2)c2ccccc12. The zero-order valence-corrected chi connectivity index (χ0v) is 13.3. The van der Waals surface area contributed by atoms with Crippen LogP contribution in [0.4, 0.5) is 0 Å². The summed E-state index contributed by atoms with van der Waals surface area (Å²) < 4.78 is 0. The second-order valence-electron chi connectivity index (χ2n) is 4.67. The summed E-state index contributed by atoms with van der Waals surface area (Å²) in [6.45, 7) is 0. The van der Waals surface area contributed by atoms with E-state index in [4.69, 9.17) is 23.2 Å². The molecule has 3 aromatic carbocycles. The lowest BCUT2D eigenvalue weighted by atomic mass is 10.1. The number of hydrogen-bond donors (Lipinski definition) is 1. The lowest BCUT2D eigenvalue weighted by molar-refractivity contribution is 0.481. The van der Waals surface area contributed by atoms with E-state index in [1.807, 2.05) is 48.5 Å². The Kier molecular flexibility index (Phi) is 4.29. The summed E-state index contributed by atoms with van der Waals surface area (Å²) in [5.41, 5.74) is 1.12. The third-order valence-corrected chi connectivity index (χ3v) is 5.12. The summed E-state index contributed by atoms with van der Waals surface area (Å²) >= 11 is 13.7. The molecule has 0 aromatic heterocycles. The van der Waals surface area contributed by atoms with Crippen LogP contribution in [0, 0.1) is 0 Å². The van der Waals surface area contributed by atoms with Gasteiger partial charge in [0.1, 0.15) is 5.75 Å². The lowest BCUT2D eigenvalue weighted by Crippen LogP contribution is -1.83. The van der Waals surface area contributed by atoms with Crippen LogP contribution < -0.4 is 0 Å². The first-order valence-corrected chi connectivity index (χ1v) is 8.17. The number of aromatic hydroxyl groups is 1. The van der Waals surface area contributed by atoms with Gasteiger partial charge in [0.05, 0.1) is 10.0 Å². The molecule has 0 heterocycles. The molecule has 4 heteroatoms. The number of rotatable bonds is 3. The molecule has 1 nitrogen and oxygen atoms in total. The first-order chi connectivity index (χ1) is 10.1.